The molecule has 2 aromatic heterocycles. The van der Waals surface area contributed by atoms with Crippen LogP contribution in [-0.4, -0.2) is 25.3 Å². The zero-order chi connectivity index (χ0) is 26.2. The molecule has 0 spiro atoms. The van der Waals surface area contributed by atoms with Crippen LogP contribution in [0.25, 0.3) is 11.5 Å². The Balaban J connectivity index is 1.57. The van der Waals surface area contributed by atoms with E-state index in [2.05, 4.69) is 22.9 Å². The first-order valence-electron chi connectivity index (χ1n) is 12.8. The van der Waals surface area contributed by atoms with Crippen molar-refractivity contribution >= 4 is 11.7 Å². The molecule has 5 aromatic rings. The maximum atomic E-state index is 14.6. The molecule has 7 heteroatoms. The summed E-state index contributed by atoms with van der Waals surface area (Å²) in [6, 6.07) is 27.7. The zero-order valence-electron chi connectivity index (χ0n) is 21.3. The van der Waals surface area contributed by atoms with E-state index in [1.54, 1.807) is 23.1 Å². The van der Waals surface area contributed by atoms with E-state index in [-0.39, 0.29) is 11.7 Å². The van der Waals surface area contributed by atoms with Gasteiger partial charge in [-0.2, -0.15) is 5.10 Å². The summed E-state index contributed by atoms with van der Waals surface area (Å²) in [7, 11) is 0. The Bertz CT molecular complexity index is 1620. The van der Waals surface area contributed by atoms with Crippen molar-refractivity contribution in [3.8, 4) is 11.5 Å². The second kappa shape index (κ2) is 9.67. The Morgan fingerprint density at radius 2 is 1.79 bits per heavy atom. The van der Waals surface area contributed by atoms with E-state index in [1.807, 2.05) is 78.5 Å². The highest BCUT2D eigenvalue weighted by Crippen LogP contribution is 2.39. The molecule has 3 heterocycles. The van der Waals surface area contributed by atoms with E-state index in [9.17, 15) is 9.18 Å². The first kappa shape index (κ1) is 23.7. The number of amides is 2. The summed E-state index contributed by atoms with van der Waals surface area (Å²) in [5, 5.41) is 7.81. The van der Waals surface area contributed by atoms with Crippen molar-refractivity contribution in [3.05, 3.63) is 131 Å². The fraction of sp³-hybridized carbons (Fsp3) is 0.161. The van der Waals surface area contributed by atoms with Crippen LogP contribution in [0, 0.1) is 12.7 Å². The van der Waals surface area contributed by atoms with E-state index in [4.69, 9.17) is 5.10 Å². The monoisotopic (exact) mass is 505 g/mol. The van der Waals surface area contributed by atoms with Crippen LogP contribution < -0.4 is 5.32 Å². The number of urea groups is 1. The minimum absolute atomic E-state index is 0.149. The topological polar surface area (TPSA) is 55.1 Å². The number of hydrogen-bond acceptors (Lipinski definition) is 2. The van der Waals surface area contributed by atoms with Gasteiger partial charge in [0.2, 0.25) is 0 Å². The Morgan fingerprint density at radius 1 is 1.00 bits per heavy atom. The van der Waals surface area contributed by atoms with E-state index in [0.29, 0.717) is 13.0 Å². The summed E-state index contributed by atoms with van der Waals surface area (Å²) in [5.41, 5.74) is 5.98. The van der Waals surface area contributed by atoms with Crippen molar-refractivity contribution < 1.29 is 9.18 Å². The van der Waals surface area contributed by atoms with Gasteiger partial charge in [0.05, 0.1) is 35.3 Å². The molecule has 0 aliphatic carbocycles. The Kier molecular flexibility index (Phi) is 6.04. The highest BCUT2D eigenvalue weighted by Gasteiger charge is 2.36. The number of benzene rings is 3. The molecule has 0 bridgehead atoms. The van der Waals surface area contributed by atoms with Crippen LogP contribution >= 0.6 is 0 Å². The molecule has 6 rings (SSSR count). The third-order valence-corrected chi connectivity index (χ3v) is 7.04. The number of rotatable bonds is 4. The van der Waals surface area contributed by atoms with Gasteiger partial charge in [0, 0.05) is 11.8 Å². The van der Waals surface area contributed by atoms with Crippen molar-refractivity contribution in [2.24, 2.45) is 0 Å². The number of hydrogen-bond donors (Lipinski definition) is 1. The molecule has 6 nitrogen and oxygen atoms in total. The molecule has 0 unspecified atom stereocenters. The lowest BCUT2D eigenvalue weighted by atomic mass is 10.00. The predicted octanol–water partition coefficient (Wildman–Crippen LogP) is 6.81. The van der Waals surface area contributed by atoms with Crippen molar-refractivity contribution in [1.82, 2.24) is 19.2 Å². The Hall–Kier alpha value is -4.65. The molecule has 3 aromatic carbocycles. The SMILES string of the molecule is CCc1nn(-c2ccccc2)c2c1CN(C(=O)Nc1ccccc1F)[C@H](c1cccc(C)c1)c1cccn1-2. The number of halogens is 1. The highest BCUT2D eigenvalue weighted by atomic mass is 19.1. The third-order valence-electron chi connectivity index (χ3n) is 7.04. The van der Waals surface area contributed by atoms with Crippen molar-refractivity contribution in [2.75, 3.05) is 5.32 Å². The third kappa shape index (κ3) is 4.06. The van der Waals surface area contributed by atoms with Crippen molar-refractivity contribution in [3.63, 3.8) is 0 Å². The zero-order valence-corrected chi connectivity index (χ0v) is 21.3. The van der Waals surface area contributed by atoms with Gasteiger partial charge in [-0.25, -0.2) is 13.9 Å². The van der Waals surface area contributed by atoms with Crippen LogP contribution in [0.1, 0.15) is 41.0 Å². The average Bonchev–Trinajstić information content (AvgIpc) is 3.51. The number of fused-ring (bicyclic) bond motifs is 3. The minimum Gasteiger partial charge on any atom is -0.307 e. The predicted molar refractivity (Wildman–Crippen MR) is 146 cm³/mol. The molecule has 0 radical (unpaired) electrons. The number of carbonyl (C=O) groups excluding carboxylic acids is 1. The van der Waals surface area contributed by atoms with Crippen LogP contribution in [0.5, 0.6) is 0 Å². The summed E-state index contributed by atoms with van der Waals surface area (Å²) in [5.74, 6) is 0.435. The lowest BCUT2D eigenvalue weighted by molar-refractivity contribution is 0.194. The van der Waals surface area contributed by atoms with Crippen LogP contribution in [0.4, 0.5) is 14.9 Å². The van der Waals surface area contributed by atoms with Crippen LogP contribution in [-0.2, 0) is 13.0 Å². The van der Waals surface area contributed by atoms with Gasteiger partial charge in [-0.3, -0.25) is 0 Å². The normalized spacial score (nSPS) is 14.5. The molecular weight excluding hydrogens is 477 g/mol. The summed E-state index contributed by atoms with van der Waals surface area (Å²) >= 11 is 0. The fourth-order valence-electron chi connectivity index (χ4n) is 5.29. The number of aryl methyl sites for hydroxylation is 2. The first-order valence-corrected chi connectivity index (χ1v) is 12.8. The highest BCUT2D eigenvalue weighted by molar-refractivity contribution is 5.90. The lowest BCUT2D eigenvalue weighted by Gasteiger charge is -2.31. The van der Waals surface area contributed by atoms with Gasteiger partial charge in [-0.15, -0.1) is 0 Å². The Morgan fingerprint density at radius 3 is 2.55 bits per heavy atom. The van der Waals surface area contributed by atoms with Crippen molar-refractivity contribution in [1.29, 1.82) is 0 Å². The molecule has 190 valence electrons. The second-order valence-electron chi connectivity index (χ2n) is 9.51. The number of nitrogens with zero attached hydrogens (tertiary/aromatic N) is 4. The molecule has 1 aliphatic rings. The number of para-hydroxylation sites is 2. The molecule has 2 amide bonds. The van der Waals surface area contributed by atoms with Gasteiger partial charge >= 0.3 is 6.03 Å². The largest absolute Gasteiger partial charge is 0.323 e. The van der Waals surface area contributed by atoms with Crippen LogP contribution in [0.3, 0.4) is 0 Å². The van der Waals surface area contributed by atoms with Gasteiger partial charge in [0.25, 0.3) is 0 Å². The molecule has 1 atom stereocenters. The molecule has 1 aliphatic heterocycles. The van der Waals surface area contributed by atoms with Crippen LogP contribution in [0.15, 0.2) is 97.2 Å². The summed E-state index contributed by atoms with van der Waals surface area (Å²) in [6.45, 7) is 4.42. The van der Waals surface area contributed by atoms with E-state index in [1.165, 1.54) is 6.07 Å². The van der Waals surface area contributed by atoms with Gasteiger partial charge in [-0.05, 0) is 55.3 Å². The maximum absolute atomic E-state index is 14.6. The first-order chi connectivity index (χ1) is 18.5. The van der Waals surface area contributed by atoms with E-state index in [0.717, 1.165) is 39.6 Å². The maximum Gasteiger partial charge on any atom is 0.323 e. The quantitative estimate of drug-likeness (QED) is 0.292. The molecule has 0 saturated carbocycles. The number of carbonyl (C=O) groups is 1. The number of aromatic nitrogens is 3. The summed E-state index contributed by atoms with van der Waals surface area (Å²) < 4.78 is 18.7. The average molecular weight is 506 g/mol. The molecule has 0 saturated heterocycles. The van der Waals surface area contributed by atoms with Gasteiger partial charge in [0.15, 0.2) is 0 Å². The summed E-state index contributed by atoms with van der Waals surface area (Å²) in [4.78, 5) is 15.8. The minimum atomic E-state index is -0.474. The van der Waals surface area contributed by atoms with E-state index < -0.39 is 11.9 Å². The number of nitrogens with one attached hydrogen (secondary N) is 1. The smallest absolute Gasteiger partial charge is 0.307 e. The molecule has 38 heavy (non-hydrogen) atoms. The van der Waals surface area contributed by atoms with Gasteiger partial charge < -0.3 is 14.8 Å². The molecule has 1 N–H and O–H groups in total. The van der Waals surface area contributed by atoms with Crippen LogP contribution in [0.2, 0.25) is 0 Å². The number of anilines is 1. The second-order valence-corrected chi connectivity index (χ2v) is 9.51. The standard InChI is InChI=1S/C31H28FN5O/c1-3-26-24-20-36(31(38)33-27-16-8-7-15-25(27)32)29(22-12-9-11-21(2)19-22)28-17-10-18-35(28)30(24)37(34-26)23-13-5-4-6-14-23/h4-19,29H,3,20H2,1-2H3,(H,33,38)/t29-/m1/s1. The Labute approximate surface area is 221 Å². The summed E-state index contributed by atoms with van der Waals surface area (Å²) in [6.07, 6.45) is 2.73. The van der Waals surface area contributed by atoms with Gasteiger partial charge in [-0.1, -0.05) is 67.1 Å². The van der Waals surface area contributed by atoms with E-state index >= 15 is 0 Å². The molecule has 0 fully saturated rings. The lowest BCUT2D eigenvalue weighted by Crippen LogP contribution is -2.38. The van der Waals surface area contributed by atoms with Gasteiger partial charge in [0.1, 0.15) is 11.6 Å². The fourth-order valence-corrected chi connectivity index (χ4v) is 5.29. The molecular formula is C31H28FN5O. The van der Waals surface area contributed by atoms with Crippen molar-refractivity contribution in [2.45, 2.75) is 32.9 Å².